The van der Waals surface area contributed by atoms with Gasteiger partial charge in [0.05, 0.1) is 0 Å². The van der Waals surface area contributed by atoms with Crippen LogP contribution in [0.1, 0.15) is 80.5 Å². The van der Waals surface area contributed by atoms with E-state index < -0.39 is 0 Å². The first kappa shape index (κ1) is 14.9. The number of aryl methyl sites for hydroxylation is 1. The predicted octanol–water partition coefficient (Wildman–Crippen LogP) is 4.92. The molecule has 1 aromatic rings. The Balaban J connectivity index is 1.78. The number of ketones is 1. The average Bonchev–Trinajstić information content (AvgIpc) is 2.73. The third-order valence-electron chi connectivity index (χ3n) is 5.49. The number of hydrogen-bond acceptors (Lipinski definition) is 1. The molecule has 0 amide bonds. The van der Waals surface area contributed by atoms with E-state index in [0.29, 0.717) is 12.2 Å². The van der Waals surface area contributed by atoms with Crippen LogP contribution in [-0.2, 0) is 13.0 Å². The first-order valence-electron chi connectivity index (χ1n) is 8.68. The number of hydrogen-bond donors (Lipinski definition) is 0. The van der Waals surface area contributed by atoms with E-state index in [4.69, 9.17) is 0 Å². The Hall–Kier alpha value is -1.05. The quantitative estimate of drug-likeness (QED) is 0.773. The minimum absolute atomic E-state index is 0.122. The van der Waals surface area contributed by atoms with E-state index in [9.17, 15) is 4.79 Å². The number of nitrogens with zero attached hydrogens (tertiary/aromatic N) is 1. The number of carbonyl (C=O) groups excluding carboxylic acids is 1. The Morgan fingerprint density at radius 1 is 1.19 bits per heavy atom. The molecule has 1 heterocycles. The van der Waals surface area contributed by atoms with Gasteiger partial charge < -0.3 is 4.57 Å². The van der Waals surface area contributed by atoms with E-state index in [0.717, 1.165) is 24.4 Å². The van der Waals surface area contributed by atoms with Gasteiger partial charge in [0.25, 0.3) is 0 Å². The topological polar surface area (TPSA) is 22.0 Å². The summed E-state index contributed by atoms with van der Waals surface area (Å²) >= 11 is 0. The van der Waals surface area contributed by atoms with Gasteiger partial charge in [-0.15, -0.1) is 0 Å². The summed E-state index contributed by atoms with van der Waals surface area (Å²) in [6.07, 6.45) is 10.1. The number of carbonyl (C=O) groups is 1. The zero-order valence-electron chi connectivity index (χ0n) is 13.9. The molecule has 0 bridgehead atoms. The van der Waals surface area contributed by atoms with Gasteiger partial charge in [-0.1, -0.05) is 46.0 Å². The van der Waals surface area contributed by atoms with Gasteiger partial charge in [0.2, 0.25) is 0 Å². The van der Waals surface area contributed by atoms with Crippen molar-refractivity contribution in [1.82, 2.24) is 4.57 Å². The van der Waals surface area contributed by atoms with Crippen molar-refractivity contribution in [3.63, 3.8) is 0 Å². The minimum atomic E-state index is 0.122. The molecule has 2 heteroatoms. The molecule has 0 atom stereocenters. The fraction of sp³-hybridized carbons (Fsp3) is 0.737. The molecule has 0 unspecified atom stereocenters. The van der Waals surface area contributed by atoms with Crippen molar-refractivity contribution in [2.75, 3.05) is 0 Å². The Morgan fingerprint density at radius 2 is 1.90 bits per heavy atom. The minimum Gasteiger partial charge on any atom is -0.348 e. The molecule has 2 nitrogen and oxygen atoms in total. The van der Waals surface area contributed by atoms with Crippen LogP contribution in [0, 0.1) is 18.3 Å². The zero-order chi connectivity index (χ0) is 15.0. The number of fused-ring (bicyclic) bond motifs is 1. The van der Waals surface area contributed by atoms with Gasteiger partial charge in [0.1, 0.15) is 0 Å². The molecule has 1 saturated carbocycles. The summed E-state index contributed by atoms with van der Waals surface area (Å²) in [6.45, 7) is 7.72. The summed E-state index contributed by atoms with van der Waals surface area (Å²) in [6, 6.07) is 2.13. The van der Waals surface area contributed by atoms with E-state index in [1.807, 2.05) is 0 Å². The standard InChI is InChI=1S/C19H29NO/c1-14-11-16-17(12-19(2,3)13-18(16)21)20(14)10-9-15-7-5-4-6-8-15/h11,15H,4-10,12-13H2,1-3H3. The second kappa shape index (κ2) is 5.62. The highest BCUT2D eigenvalue weighted by atomic mass is 16.1. The van der Waals surface area contributed by atoms with Crippen molar-refractivity contribution in [2.45, 2.75) is 78.7 Å². The number of Topliss-reactive ketones (excluding diaryl/α,β-unsaturated/α-hetero) is 1. The normalized spacial score (nSPS) is 22.3. The predicted molar refractivity (Wildman–Crippen MR) is 86.8 cm³/mol. The molecule has 2 aliphatic carbocycles. The Labute approximate surface area is 128 Å². The van der Waals surface area contributed by atoms with E-state index in [1.165, 1.54) is 49.9 Å². The smallest absolute Gasteiger partial charge is 0.165 e. The average molecular weight is 287 g/mol. The maximum Gasteiger partial charge on any atom is 0.165 e. The summed E-state index contributed by atoms with van der Waals surface area (Å²) in [5.41, 5.74) is 3.72. The van der Waals surface area contributed by atoms with Gasteiger partial charge in [-0.3, -0.25) is 4.79 Å². The number of aromatic nitrogens is 1. The molecular formula is C19H29NO. The van der Waals surface area contributed by atoms with Gasteiger partial charge in [0.15, 0.2) is 5.78 Å². The van der Waals surface area contributed by atoms with Crippen molar-refractivity contribution in [1.29, 1.82) is 0 Å². The highest BCUT2D eigenvalue weighted by Crippen LogP contribution is 2.37. The highest BCUT2D eigenvalue weighted by molar-refractivity contribution is 5.99. The van der Waals surface area contributed by atoms with Crippen molar-refractivity contribution < 1.29 is 4.79 Å². The van der Waals surface area contributed by atoms with Crippen molar-refractivity contribution in [3.8, 4) is 0 Å². The van der Waals surface area contributed by atoms with E-state index in [2.05, 4.69) is 31.4 Å². The highest BCUT2D eigenvalue weighted by Gasteiger charge is 2.33. The van der Waals surface area contributed by atoms with Crippen molar-refractivity contribution >= 4 is 5.78 Å². The Bertz CT molecular complexity index is 532. The van der Waals surface area contributed by atoms with Crippen molar-refractivity contribution in [3.05, 3.63) is 23.0 Å². The van der Waals surface area contributed by atoms with Gasteiger partial charge >= 0.3 is 0 Å². The van der Waals surface area contributed by atoms with E-state index in [-0.39, 0.29) is 5.41 Å². The lowest BCUT2D eigenvalue weighted by Gasteiger charge is -2.30. The molecule has 3 rings (SSSR count). The van der Waals surface area contributed by atoms with Crippen LogP contribution in [-0.4, -0.2) is 10.4 Å². The molecule has 2 aliphatic rings. The third-order valence-corrected chi connectivity index (χ3v) is 5.49. The maximum absolute atomic E-state index is 12.4. The van der Waals surface area contributed by atoms with Crippen LogP contribution in [0.15, 0.2) is 6.07 Å². The largest absolute Gasteiger partial charge is 0.348 e. The molecule has 0 spiro atoms. The molecular weight excluding hydrogens is 258 g/mol. The summed E-state index contributed by atoms with van der Waals surface area (Å²) in [4.78, 5) is 12.4. The van der Waals surface area contributed by atoms with Crippen LogP contribution in [0.25, 0.3) is 0 Å². The van der Waals surface area contributed by atoms with Gasteiger partial charge in [-0.2, -0.15) is 0 Å². The fourth-order valence-electron chi connectivity index (χ4n) is 4.30. The van der Waals surface area contributed by atoms with Crippen LogP contribution in [0.3, 0.4) is 0 Å². The van der Waals surface area contributed by atoms with Crippen LogP contribution in [0.4, 0.5) is 0 Å². The monoisotopic (exact) mass is 287 g/mol. The molecule has 0 N–H and O–H groups in total. The second-order valence-electron chi connectivity index (χ2n) is 8.03. The third kappa shape index (κ3) is 3.09. The number of rotatable bonds is 3. The van der Waals surface area contributed by atoms with Gasteiger partial charge in [-0.05, 0) is 37.2 Å². The molecule has 116 valence electrons. The van der Waals surface area contributed by atoms with E-state index >= 15 is 0 Å². The molecule has 0 radical (unpaired) electrons. The van der Waals surface area contributed by atoms with E-state index in [1.54, 1.807) is 0 Å². The molecule has 1 fully saturated rings. The van der Waals surface area contributed by atoms with Crippen molar-refractivity contribution in [2.24, 2.45) is 11.3 Å². The van der Waals surface area contributed by atoms with Crippen LogP contribution >= 0.6 is 0 Å². The Morgan fingerprint density at radius 3 is 2.62 bits per heavy atom. The molecule has 21 heavy (non-hydrogen) atoms. The Kier molecular flexibility index (Phi) is 3.98. The summed E-state index contributed by atoms with van der Waals surface area (Å²) < 4.78 is 2.45. The summed E-state index contributed by atoms with van der Waals surface area (Å²) in [7, 11) is 0. The molecule has 0 aromatic carbocycles. The van der Waals surface area contributed by atoms with Crippen LogP contribution < -0.4 is 0 Å². The fourth-order valence-corrected chi connectivity index (χ4v) is 4.30. The van der Waals surface area contributed by atoms with Gasteiger partial charge in [0, 0.05) is 29.9 Å². The summed E-state index contributed by atoms with van der Waals surface area (Å²) in [5, 5.41) is 0. The first-order valence-corrected chi connectivity index (χ1v) is 8.68. The SMILES string of the molecule is Cc1cc2c(n1CCC1CCCCC1)CC(C)(C)CC2=O. The second-order valence-corrected chi connectivity index (χ2v) is 8.03. The van der Waals surface area contributed by atoms with Gasteiger partial charge in [-0.25, -0.2) is 0 Å². The summed E-state index contributed by atoms with van der Waals surface area (Å²) in [5.74, 6) is 1.25. The lowest BCUT2D eigenvalue weighted by molar-refractivity contribution is 0.0910. The maximum atomic E-state index is 12.4. The first-order chi connectivity index (χ1) is 9.96. The van der Waals surface area contributed by atoms with Crippen LogP contribution in [0.5, 0.6) is 0 Å². The molecule has 0 aliphatic heterocycles. The zero-order valence-corrected chi connectivity index (χ0v) is 13.9. The molecule has 0 saturated heterocycles. The lowest BCUT2D eigenvalue weighted by Crippen LogP contribution is -2.28. The van der Waals surface area contributed by atoms with Crippen LogP contribution in [0.2, 0.25) is 0 Å². The lowest BCUT2D eigenvalue weighted by atomic mass is 9.76. The molecule has 1 aromatic heterocycles.